The second kappa shape index (κ2) is 6.77. The van der Waals surface area contributed by atoms with Crippen LogP contribution >= 0.6 is 15.9 Å². The molecule has 0 saturated carbocycles. The molecule has 2 N–H and O–H groups in total. The lowest BCUT2D eigenvalue weighted by Crippen LogP contribution is -2.35. The fourth-order valence-electron chi connectivity index (χ4n) is 3.19. The number of anilines is 1. The Balaban J connectivity index is 1.92. The van der Waals surface area contributed by atoms with Crippen molar-refractivity contribution in [2.24, 2.45) is 7.05 Å². The van der Waals surface area contributed by atoms with Crippen LogP contribution in [0.4, 0.5) is 5.69 Å². The summed E-state index contributed by atoms with van der Waals surface area (Å²) in [6.45, 7) is 1.79. The summed E-state index contributed by atoms with van der Waals surface area (Å²) in [6, 6.07) is 9.22. The Labute approximate surface area is 168 Å². The van der Waals surface area contributed by atoms with Gasteiger partial charge in [-0.25, -0.2) is 9.69 Å². The van der Waals surface area contributed by atoms with Crippen LogP contribution in [0.25, 0.3) is 5.69 Å². The molecule has 0 amide bonds. The molecule has 2 aliphatic rings. The van der Waals surface area contributed by atoms with Gasteiger partial charge >= 0.3 is 0 Å². The lowest BCUT2D eigenvalue weighted by molar-refractivity contribution is -0.111. The molecule has 1 aliphatic carbocycles. The van der Waals surface area contributed by atoms with Gasteiger partial charge in [-0.05, 0) is 47.1 Å². The summed E-state index contributed by atoms with van der Waals surface area (Å²) in [5.41, 5.74) is 4.31. The number of nitrogens with zero attached hydrogens (tertiary/aromatic N) is 3. The summed E-state index contributed by atoms with van der Waals surface area (Å²) in [7, 11) is 1.77. The number of carbonyl (C=O) groups excluding carboxylic acids is 1. The number of hydrazine groups is 1. The van der Waals surface area contributed by atoms with E-state index in [-0.39, 0.29) is 34.2 Å². The van der Waals surface area contributed by atoms with Gasteiger partial charge < -0.3 is 4.84 Å². The van der Waals surface area contributed by atoms with E-state index in [2.05, 4.69) is 21.5 Å². The van der Waals surface area contributed by atoms with Crippen molar-refractivity contribution in [1.82, 2.24) is 15.0 Å². The summed E-state index contributed by atoms with van der Waals surface area (Å²) in [5, 5.41) is 9.47. The highest BCUT2D eigenvalue weighted by atomic mass is 79.9. The molecule has 1 aromatic heterocycles. The number of hydrogen-bond acceptors (Lipinski definition) is 6. The minimum Gasteiger partial charge on any atom is -0.367 e. The zero-order valence-electron chi connectivity index (χ0n) is 15.1. The molecule has 142 valence electrons. The van der Waals surface area contributed by atoms with Crippen molar-refractivity contribution in [2.45, 2.75) is 6.92 Å². The number of nitrogens with one attached hydrogen (secondary N) is 2. The Hall–Kier alpha value is -3.17. The maximum absolute atomic E-state index is 13.3. The van der Waals surface area contributed by atoms with E-state index in [0.717, 1.165) is 0 Å². The molecule has 0 unspecified atom stereocenters. The van der Waals surface area contributed by atoms with Crippen LogP contribution in [0.3, 0.4) is 0 Å². The van der Waals surface area contributed by atoms with E-state index in [0.29, 0.717) is 15.9 Å². The van der Waals surface area contributed by atoms with Crippen molar-refractivity contribution < 1.29 is 9.63 Å². The largest absolute Gasteiger partial charge is 0.367 e. The zero-order chi connectivity index (χ0) is 20.0. The number of hydrogen-bond donors (Lipinski definition) is 2. The van der Waals surface area contributed by atoms with Crippen molar-refractivity contribution in [3.05, 3.63) is 80.4 Å². The molecule has 1 fully saturated rings. The van der Waals surface area contributed by atoms with Gasteiger partial charge in [0.15, 0.2) is 0 Å². The van der Waals surface area contributed by atoms with Gasteiger partial charge in [-0.2, -0.15) is 0 Å². The lowest BCUT2D eigenvalue weighted by Gasteiger charge is -2.17. The van der Waals surface area contributed by atoms with E-state index < -0.39 is 0 Å². The Morgan fingerprint density at radius 3 is 2.61 bits per heavy atom. The first-order valence-electron chi connectivity index (χ1n) is 8.40. The Morgan fingerprint density at radius 2 is 1.89 bits per heavy atom. The number of Topliss-reactive ketones (excluding diaryl/α,β-unsaturated/α-hetero) is 1. The summed E-state index contributed by atoms with van der Waals surface area (Å²) >= 11 is 3.22. The molecule has 28 heavy (non-hydrogen) atoms. The molecule has 4 rings (SSSR count). The smallest absolute Gasteiger partial charge is 0.297 e. The molecule has 1 aliphatic heterocycles. The Kier molecular flexibility index (Phi) is 4.40. The predicted octanol–water partition coefficient (Wildman–Crippen LogP) is 2.39. The van der Waals surface area contributed by atoms with Gasteiger partial charge in [0, 0.05) is 7.05 Å². The second-order valence-electron chi connectivity index (χ2n) is 6.23. The molecule has 2 aromatic rings. The quantitative estimate of drug-likeness (QED) is 0.697. The van der Waals surface area contributed by atoms with Gasteiger partial charge in [-0.1, -0.05) is 29.9 Å². The van der Waals surface area contributed by atoms with Crippen LogP contribution in [0.15, 0.2) is 69.1 Å². The van der Waals surface area contributed by atoms with Crippen LogP contribution in [0, 0.1) is 12.3 Å². The van der Waals surface area contributed by atoms with Gasteiger partial charge in [0.2, 0.25) is 5.78 Å². The normalized spacial score (nSPS) is 19.2. The summed E-state index contributed by atoms with van der Waals surface area (Å²) in [6.07, 6.45) is 4.91. The summed E-state index contributed by atoms with van der Waals surface area (Å²) < 4.78 is 3.60. The van der Waals surface area contributed by atoms with Crippen LogP contribution in [0.1, 0.15) is 5.69 Å². The third-order valence-electron chi connectivity index (χ3n) is 4.65. The molecule has 1 aromatic carbocycles. The van der Waals surface area contributed by atoms with E-state index in [1.165, 1.54) is 9.69 Å². The molecular formula is C19H16BrN5O3. The second-order valence-corrected chi connectivity index (χ2v) is 7.09. The number of carbonyl (C=O) groups is 1. The first-order valence-corrected chi connectivity index (χ1v) is 9.19. The number of benzene rings is 1. The topological polar surface area (TPSA) is 92.4 Å². The minimum absolute atomic E-state index is 0.178. The summed E-state index contributed by atoms with van der Waals surface area (Å²) in [4.78, 5) is 31.0. The average molecular weight is 442 g/mol. The third kappa shape index (κ3) is 2.67. The van der Waals surface area contributed by atoms with Crippen molar-refractivity contribution in [3.8, 4) is 5.69 Å². The number of allylic oxidation sites excluding steroid dienone is 5. The minimum atomic E-state index is -0.308. The number of para-hydroxylation sites is 1. The van der Waals surface area contributed by atoms with Crippen LogP contribution in [-0.2, 0) is 16.7 Å². The number of rotatable bonds is 2. The van der Waals surface area contributed by atoms with Crippen molar-refractivity contribution in [2.75, 3.05) is 5.01 Å². The van der Waals surface area contributed by atoms with E-state index >= 15 is 0 Å². The van der Waals surface area contributed by atoms with E-state index in [9.17, 15) is 9.59 Å². The standard InChI is InChI=1S/C19H16BrN5O3/c1-11-15(19(27)25(23(11)2)12-7-4-3-5-8-12)24-16(18(21)28-22-24)13-9-6-10-14(20)17(13)26/h3-10,21-22H,1-2H3. The zero-order valence-corrected chi connectivity index (χ0v) is 16.6. The molecular weight excluding hydrogens is 426 g/mol. The third-order valence-corrected chi connectivity index (χ3v) is 5.27. The maximum Gasteiger partial charge on any atom is 0.297 e. The first-order chi connectivity index (χ1) is 13.4. The molecule has 0 atom stereocenters. The Bertz CT molecular complexity index is 1150. The molecule has 8 nitrogen and oxygen atoms in total. The molecule has 0 spiro atoms. The highest BCUT2D eigenvalue weighted by molar-refractivity contribution is 9.12. The number of ketones is 1. The average Bonchev–Trinajstić information content (AvgIpc) is 3.15. The van der Waals surface area contributed by atoms with Gasteiger partial charge in [0.05, 0.1) is 21.4 Å². The fraction of sp³-hybridized carbons (Fsp3) is 0.105. The molecule has 1 saturated heterocycles. The van der Waals surface area contributed by atoms with Crippen molar-refractivity contribution >= 4 is 33.3 Å². The fourth-order valence-corrected chi connectivity index (χ4v) is 3.56. The molecule has 0 radical (unpaired) electrons. The first kappa shape index (κ1) is 18.2. The highest BCUT2D eigenvalue weighted by Crippen LogP contribution is 2.29. The predicted molar refractivity (Wildman–Crippen MR) is 108 cm³/mol. The van der Waals surface area contributed by atoms with Crippen LogP contribution in [0.2, 0.25) is 0 Å². The molecule has 0 bridgehead atoms. The van der Waals surface area contributed by atoms with Gasteiger partial charge in [-0.3, -0.25) is 19.7 Å². The van der Waals surface area contributed by atoms with E-state index in [4.69, 9.17) is 10.2 Å². The van der Waals surface area contributed by atoms with E-state index in [1.807, 2.05) is 30.3 Å². The monoisotopic (exact) mass is 441 g/mol. The van der Waals surface area contributed by atoms with Crippen molar-refractivity contribution in [1.29, 1.82) is 5.41 Å². The maximum atomic E-state index is 13.3. The number of halogens is 1. The van der Waals surface area contributed by atoms with Crippen LogP contribution in [0.5, 0.6) is 0 Å². The molecule has 2 heterocycles. The van der Waals surface area contributed by atoms with Gasteiger partial charge in [0.25, 0.3) is 11.5 Å². The number of aromatic nitrogens is 2. The Morgan fingerprint density at radius 1 is 1.18 bits per heavy atom. The van der Waals surface area contributed by atoms with Crippen molar-refractivity contribution in [3.63, 3.8) is 0 Å². The highest BCUT2D eigenvalue weighted by Gasteiger charge is 2.36. The van der Waals surface area contributed by atoms with E-state index in [1.54, 1.807) is 36.9 Å². The molecule has 9 heteroatoms. The summed E-state index contributed by atoms with van der Waals surface area (Å²) in [5.74, 6) is -0.541. The van der Waals surface area contributed by atoms with Crippen LogP contribution < -0.4 is 16.2 Å². The van der Waals surface area contributed by atoms with Gasteiger partial charge in [0.1, 0.15) is 11.4 Å². The van der Waals surface area contributed by atoms with Crippen LogP contribution in [-0.4, -0.2) is 21.0 Å². The van der Waals surface area contributed by atoms with Gasteiger partial charge in [-0.15, -0.1) is 0 Å². The lowest BCUT2D eigenvalue weighted by atomic mass is 10.0. The SMILES string of the molecule is Cc1c(N2NOC(=N)C2=C2C=CC=C(Br)C2=O)c(=O)n(-c2ccccc2)n1C.